The van der Waals surface area contributed by atoms with Crippen molar-refractivity contribution in [3.8, 4) is 0 Å². The number of piperidine rings is 1. The largest absolute Gasteiger partial charge is 0.351 e. The first kappa shape index (κ1) is 25.0. The van der Waals surface area contributed by atoms with Crippen molar-refractivity contribution in [1.29, 1.82) is 0 Å². The quantitative estimate of drug-likeness (QED) is 0.550. The molecule has 2 aliphatic rings. The third kappa shape index (κ3) is 6.51. The minimum atomic E-state index is -0.483. The zero-order valence-electron chi connectivity index (χ0n) is 20.3. The highest BCUT2D eigenvalue weighted by Crippen LogP contribution is 2.29. The molecule has 35 heavy (non-hydrogen) atoms. The molecule has 0 spiro atoms. The van der Waals surface area contributed by atoms with Crippen molar-refractivity contribution < 1.29 is 14.4 Å². The molecule has 0 saturated carbocycles. The second-order valence-corrected chi connectivity index (χ2v) is 10.3. The molecule has 2 heterocycles. The summed E-state index contributed by atoms with van der Waals surface area (Å²) >= 11 is 1.39. The normalized spacial score (nSPS) is 18.7. The van der Waals surface area contributed by atoms with Crippen molar-refractivity contribution in [2.75, 3.05) is 23.7 Å². The van der Waals surface area contributed by atoms with Gasteiger partial charge in [0.2, 0.25) is 5.91 Å². The van der Waals surface area contributed by atoms with Gasteiger partial charge in [-0.1, -0.05) is 37.7 Å². The van der Waals surface area contributed by atoms with E-state index in [1.165, 1.54) is 23.7 Å². The van der Waals surface area contributed by atoms with Crippen LogP contribution in [0.15, 0.2) is 53.5 Å². The highest BCUT2D eigenvalue weighted by molar-refractivity contribution is 8.15. The maximum absolute atomic E-state index is 12.6. The number of amidine groups is 1. The molecule has 0 radical (unpaired) electrons. The van der Waals surface area contributed by atoms with Crippen molar-refractivity contribution in [1.82, 2.24) is 4.90 Å². The number of benzene rings is 2. The predicted octanol–water partition coefficient (Wildman–Crippen LogP) is 5.26. The van der Waals surface area contributed by atoms with Gasteiger partial charge in [0.15, 0.2) is 5.17 Å². The van der Waals surface area contributed by atoms with Gasteiger partial charge in [-0.05, 0) is 73.6 Å². The summed E-state index contributed by atoms with van der Waals surface area (Å²) in [4.78, 5) is 43.7. The predicted molar refractivity (Wildman–Crippen MR) is 142 cm³/mol. The van der Waals surface area contributed by atoms with Crippen LogP contribution in [-0.2, 0) is 9.59 Å². The second kappa shape index (κ2) is 11.5. The van der Waals surface area contributed by atoms with Crippen LogP contribution in [0.5, 0.6) is 0 Å². The van der Waals surface area contributed by atoms with Crippen LogP contribution >= 0.6 is 11.8 Å². The van der Waals surface area contributed by atoms with E-state index in [2.05, 4.69) is 34.4 Å². The Labute approximate surface area is 210 Å². The first-order valence-electron chi connectivity index (χ1n) is 12.3. The number of hydrogen-bond donors (Lipinski definition) is 2. The molecule has 3 amide bonds. The first-order chi connectivity index (χ1) is 16.9. The van der Waals surface area contributed by atoms with E-state index in [0.29, 0.717) is 17.2 Å². The molecule has 0 aliphatic carbocycles. The highest BCUT2D eigenvalue weighted by Gasteiger charge is 2.33. The van der Waals surface area contributed by atoms with Crippen LogP contribution in [0.4, 0.5) is 11.4 Å². The van der Waals surface area contributed by atoms with Gasteiger partial charge >= 0.3 is 0 Å². The number of nitrogens with zero attached hydrogens (tertiary/aromatic N) is 2. The molecule has 2 aromatic carbocycles. The van der Waals surface area contributed by atoms with Gasteiger partial charge < -0.3 is 15.5 Å². The third-order valence-corrected chi connectivity index (χ3v) is 7.72. The van der Waals surface area contributed by atoms with Gasteiger partial charge in [0.25, 0.3) is 11.8 Å². The van der Waals surface area contributed by atoms with Crippen LogP contribution < -0.4 is 10.6 Å². The first-order valence-corrected chi connectivity index (χ1v) is 13.2. The Morgan fingerprint density at radius 3 is 2.29 bits per heavy atom. The molecular weight excluding hydrogens is 460 g/mol. The lowest BCUT2D eigenvalue weighted by Crippen LogP contribution is -2.33. The Morgan fingerprint density at radius 1 is 1.00 bits per heavy atom. The van der Waals surface area contributed by atoms with Crippen molar-refractivity contribution in [2.24, 2.45) is 4.99 Å². The molecule has 7 nitrogen and oxygen atoms in total. The standard InChI is InChI=1S/C27H32N4O3S/c1-3-18(2)19-7-11-22(12-8-19)29-25(33)20-9-13-21(14-10-20)28-24(32)17-23-26(34)30-27(35-23)31-15-5-4-6-16-31/h7-14,18,23H,3-6,15-17H2,1-2H3,(H,28,32)(H,29,33)/t18-,23-/m0/s1. The topological polar surface area (TPSA) is 90.9 Å². The zero-order valence-corrected chi connectivity index (χ0v) is 21.1. The van der Waals surface area contributed by atoms with Crippen LogP contribution in [0.1, 0.15) is 67.8 Å². The van der Waals surface area contributed by atoms with E-state index in [4.69, 9.17) is 0 Å². The number of aliphatic imine (C=N–C) groups is 1. The van der Waals surface area contributed by atoms with E-state index in [1.807, 2.05) is 24.3 Å². The Kier molecular flexibility index (Phi) is 8.23. The van der Waals surface area contributed by atoms with Gasteiger partial charge in [0.05, 0.1) is 0 Å². The molecule has 0 aromatic heterocycles. The summed E-state index contributed by atoms with van der Waals surface area (Å²) in [5, 5.41) is 5.99. The minimum Gasteiger partial charge on any atom is -0.351 e. The second-order valence-electron chi connectivity index (χ2n) is 9.10. The number of carbonyl (C=O) groups excluding carboxylic acids is 3. The lowest BCUT2D eigenvalue weighted by Gasteiger charge is -2.27. The number of thioether (sulfide) groups is 1. The number of amides is 3. The van der Waals surface area contributed by atoms with E-state index in [1.54, 1.807) is 24.3 Å². The van der Waals surface area contributed by atoms with Gasteiger partial charge in [-0.25, -0.2) is 0 Å². The summed E-state index contributed by atoms with van der Waals surface area (Å²) in [5.41, 5.74) is 3.06. The molecule has 2 aromatic rings. The van der Waals surface area contributed by atoms with E-state index in [9.17, 15) is 14.4 Å². The molecular formula is C27H32N4O3S. The number of anilines is 2. The molecule has 1 saturated heterocycles. The lowest BCUT2D eigenvalue weighted by molar-refractivity contribution is -0.121. The SMILES string of the molecule is CC[C@H](C)c1ccc(NC(=O)c2ccc(NC(=O)C[C@@H]3SC(N4CCCCC4)=NC3=O)cc2)cc1. The van der Waals surface area contributed by atoms with Crippen LogP contribution in [0, 0.1) is 0 Å². The fraction of sp³-hybridized carbons (Fsp3) is 0.407. The monoisotopic (exact) mass is 492 g/mol. The average Bonchev–Trinajstić information content (AvgIpc) is 3.24. The van der Waals surface area contributed by atoms with E-state index >= 15 is 0 Å². The van der Waals surface area contributed by atoms with Crippen molar-refractivity contribution in [2.45, 2.75) is 57.1 Å². The van der Waals surface area contributed by atoms with Crippen LogP contribution in [0.25, 0.3) is 0 Å². The Balaban J connectivity index is 1.27. The minimum absolute atomic E-state index is 0.0687. The molecule has 0 unspecified atom stereocenters. The number of rotatable bonds is 7. The summed E-state index contributed by atoms with van der Waals surface area (Å²) in [6, 6.07) is 14.6. The fourth-order valence-corrected chi connectivity index (χ4v) is 5.27. The van der Waals surface area contributed by atoms with E-state index in [-0.39, 0.29) is 24.1 Å². The molecule has 8 heteroatoms. The average molecular weight is 493 g/mol. The highest BCUT2D eigenvalue weighted by atomic mass is 32.2. The van der Waals surface area contributed by atoms with Gasteiger partial charge in [-0.15, -0.1) is 0 Å². The smallest absolute Gasteiger partial charge is 0.262 e. The molecule has 2 N–H and O–H groups in total. The molecule has 0 bridgehead atoms. The summed E-state index contributed by atoms with van der Waals surface area (Å²) < 4.78 is 0. The number of hydrogen-bond acceptors (Lipinski definition) is 5. The molecule has 1 fully saturated rings. The summed E-state index contributed by atoms with van der Waals surface area (Å²) in [5.74, 6) is -0.217. The maximum Gasteiger partial charge on any atom is 0.262 e. The summed E-state index contributed by atoms with van der Waals surface area (Å²) in [6.45, 7) is 6.17. The van der Waals surface area contributed by atoms with Gasteiger partial charge in [-0.3, -0.25) is 14.4 Å². The lowest BCUT2D eigenvalue weighted by atomic mass is 9.98. The molecule has 2 atom stereocenters. The zero-order chi connectivity index (χ0) is 24.8. The Bertz CT molecular complexity index is 1090. The van der Waals surface area contributed by atoms with Crippen LogP contribution in [0.3, 0.4) is 0 Å². The van der Waals surface area contributed by atoms with Crippen molar-refractivity contribution >= 4 is 46.0 Å². The summed E-state index contributed by atoms with van der Waals surface area (Å²) in [7, 11) is 0. The number of carbonyl (C=O) groups is 3. The fourth-order valence-electron chi connectivity index (χ4n) is 4.15. The van der Waals surface area contributed by atoms with Crippen LogP contribution in [0.2, 0.25) is 0 Å². The maximum atomic E-state index is 12.6. The van der Waals surface area contributed by atoms with E-state index in [0.717, 1.165) is 43.2 Å². The molecule has 2 aliphatic heterocycles. The van der Waals surface area contributed by atoms with Gasteiger partial charge in [-0.2, -0.15) is 4.99 Å². The molecule has 184 valence electrons. The number of likely N-dealkylation sites (tertiary alicyclic amines) is 1. The van der Waals surface area contributed by atoms with Crippen molar-refractivity contribution in [3.05, 3.63) is 59.7 Å². The van der Waals surface area contributed by atoms with Crippen LogP contribution in [-0.4, -0.2) is 46.1 Å². The van der Waals surface area contributed by atoms with Crippen molar-refractivity contribution in [3.63, 3.8) is 0 Å². The van der Waals surface area contributed by atoms with Gasteiger partial charge in [0.1, 0.15) is 5.25 Å². The Morgan fingerprint density at radius 2 is 1.63 bits per heavy atom. The number of nitrogens with one attached hydrogen (secondary N) is 2. The summed E-state index contributed by atoms with van der Waals surface area (Å²) in [6.07, 6.45) is 4.56. The van der Waals surface area contributed by atoms with Gasteiger partial charge in [0, 0.05) is 36.4 Å². The van der Waals surface area contributed by atoms with E-state index < -0.39 is 5.25 Å². The Hall–Kier alpha value is -3.13. The third-order valence-electron chi connectivity index (χ3n) is 6.51. The molecule has 4 rings (SSSR count).